The van der Waals surface area contributed by atoms with E-state index in [0.717, 1.165) is 28.1 Å². The Hall–Kier alpha value is -4.19. The number of aromatic amines is 1. The van der Waals surface area contributed by atoms with Gasteiger partial charge in [-0.2, -0.15) is 0 Å². The lowest BCUT2D eigenvalue weighted by atomic mass is 9.98. The molecule has 0 amide bonds. The molecule has 0 aliphatic carbocycles. The van der Waals surface area contributed by atoms with Crippen LogP contribution in [0.5, 0.6) is 0 Å². The number of hydrogen-bond acceptors (Lipinski definition) is 3. The van der Waals surface area contributed by atoms with Crippen LogP contribution in [-0.2, 0) is 6.42 Å². The molecule has 0 radical (unpaired) electrons. The van der Waals surface area contributed by atoms with Gasteiger partial charge in [-0.25, -0.2) is 13.8 Å². The zero-order valence-corrected chi connectivity index (χ0v) is 22.1. The highest BCUT2D eigenvalue weighted by Crippen LogP contribution is 2.31. The van der Waals surface area contributed by atoms with Crippen molar-refractivity contribution in [2.45, 2.75) is 20.3 Å². The van der Waals surface area contributed by atoms with E-state index in [4.69, 9.17) is 4.98 Å². The third kappa shape index (κ3) is 6.15. The minimum atomic E-state index is -0.352. The summed E-state index contributed by atoms with van der Waals surface area (Å²) in [6, 6.07) is 10.1. The van der Waals surface area contributed by atoms with Crippen LogP contribution in [0, 0.1) is 18.6 Å². The summed E-state index contributed by atoms with van der Waals surface area (Å²) in [5.41, 5.74) is 6.17. The van der Waals surface area contributed by atoms with Crippen LogP contribution in [0.3, 0.4) is 0 Å². The standard InChI is InChI=1S/C31H34F2N4/c1-8-13-26(25-14-11-12-15-27(25)32)30-20(4)35-29(36-30)19-23-16-22(18-28(33)31(23)34-5)21(9-2)17-24(10-3)37(6)7/h8-18,34H,1,3,19H2,2,4-7H3,(H,35,36)/b21-9+,24-17+,26-13-. The van der Waals surface area contributed by atoms with E-state index in [1.807, 2.05) is 51.1 Å². The first kappa shape index (κ1) is 27.4. The number of anilines is 1. The number of allylic oxidation sites excluding steroid dienone is 6. The highest BCUT2D eigenvalue weighted by Gasteiger charge is 2.18. The van der Waals surface area contributed by atoms with Crippen LogP contribution in [0.1, 0.15) is 40.8 Å². The number of aryl methyl sites for hydroxylation is 1. The van der Waals surface area contributed by atoms with Crippen molar-refractivity contribution in [3.8, 4) is 0 Å². The second kappa shape index (κ2) is 12.2. The quantitative estimate of drug-likeness (QED) is 0.288. The van der Waals surface area contributed by atoms with Gasteiger partial charge in [-0.3, -0.25) is 0 Å². The van der Waals surface area contributed by atoms with Crippen LogP contribution >= 0.6 is 0 Å². The number of halogens is 2. The lowest BCUT2D eigenvalue weighted by molar-refractivity contribution is 0.530. The zero-order valence-electron chi connectivity index (χ0n) is 22.1. The van der Waals surface area contributed by atoms with Crippen LogP contribution in [-0.4, -0.2) is 36.0 Å². The number of hydrogen-bond donors (Lipinski definition) is 2. The average Bonchev–Trinajstić information content (AvgIpc) is 3.22. The smallest absolute Gasteiger partial charge is 0.147 e. The third-order valence-electron chi connectivity index (χ3n) is 6.09. The van der Waals surface area contributed by atoms with E-state index in [1.165, 1.54) is 12.1 Å². The second-order valence-electron chi connectivity index (χ2n) is 8.78. The third-order valence-corrected chi connectivity index (χ3v) is 6.09. The van der Waals surface area contributed by atoms with E-state index in [9.17, 15) is 4.39 Å². The monoisotopic (exact) mass is 500 g/mol. The van der Waals surface area contributed by atoms with Gasteiger partial charge >= 0.3 is 0 Å². The maximum atomic E-state index is 15.2. The van der Waals surface area contributed by atoms with Crippen LogP contribution in [0.2, 0.25) is 0 Å². The Bertz CT molecular complexity index is 1390. The number of rotatable bonds is 10. The zero-order chi connectivity index (χ0) is 27.1. The van der Waals surface area contributed by atoms with Gasteiger partial charge in [0.1, 0.15) is 17.5 Å². The summed E-state index contributed by atoms with van der Waals surface area (Å²) in [7, 11) is 5.57. The predicted octanol–water partition coefficient (Wildman–Crippen LogP) is 7.28. The summed E-state index contributed by atoms with van der Waals surface area (Å²) in [5, 5.41) is 2.99. The Labute approximate surface area is 218 Å². The van der Waals surface area contributed by atoms with Crippen molar-refractivity contribution in [3.63, 3.8) is 0 Å². The van der Waals surface area contributed by atoms with E-state index in [-0.39, 0.29) is 11.6 Å². The molecule has 0 saturated heterocycles. The molecule has 0 aliphatic rings. The molecule has 1 heterocycles. The highest BCUT2D eigenvalue weighted by molar-refractivity contribution is 5.80. The molecule has 6 heteroatoms. The molecule has 37 heavy (non-hydrogen) atoms. The van der Waals surface area contributed by atoms with Gasteiger partial charge in [-0.15, -0.1) is 0 Å². The fourth-order valence-corrected chi connectivity index (χ4v) is 4.26. The van der Waals surface area contributed by atoms with Crippen molar-refractivity contribution in [1.29, 1.82) is 0 Å². The molecule has 192 valence electrons. The first-order chi connectivity index (χ1) is 17.7. The number of likely N-dealkylation sites (N-methyl/N-ethyl adjacent to an activating group) is 1. The molecule has 2 N–H and O–H groups in total. The topological polar surface area (TPSA) is 44.0 Å². The molecule has 0 aliphatic heterocycles. The summed E-state index contributed by atoms with van der Waals surface area (Å²) in [5.74, 6) is -0.0466. The normalized spacial score (nSPS) is 12.5. The van der Waals surface area contributed by atoms with Gasteiger partial charge in [-0.05, 0) is 60.9 Å². The molecule has 3 rings (SSSR count). The summed E-state index contributed by atoms with van der Waals surface area (Å²) >= 11 is 0. The summed E-state index contributed by atoms with van der Waals surface area (Å²) in [6.45, 7) is 11.5. The van der Waals surface area contributed by atoms with Crippen LogP contribution in [0.15, 0.2) is 85.6 Å². The van der Waals surface area contributed by atoms with Crippen molar-refractivity contribution in [2.24, 2.45) is 0 Å². The summed E-state index contributed by atoms with van der Waals surface area (Å²) in [4.78, 5) is 10.0. The maximum absolute atomic E-state index is 15.2. The van der Waals surface area contributed by atoms with Crippen molar-refractivity contribution < 1.29 is 8.78 Å². The van der Waals surface area contributed by atoms with E-state index >= 15 is 4.39 Å². The molecule has 0 bridgehead atoms. The van der Waals surface area contributed by atoms with Crippen LogP contribution < -0.4 is 5.32 Å². The Morgan fingerprint density at radius 2 is 1.86 bits per heavy atom. The molecule has 2 aromatic carbocycles. The van der Waals surface area contributed by atoms with Crippen LogP contribution in [0.4, 0.5) is 14.5 Å². The Balaban J connectivity index is 2.07. The minimum absolute atomic E-state index is 0.338. The van der Waals surface area contributed by atoms with Gasteiger partial charge in [0, 0.05) is 50.1 Å². The minimum Gasteiger partial charge on any atom is -0.386 e. The molecule has 4 nitrogen and oxygen atoms in total. The lowest BCUT2D eigenvalue weighted by Gasteiger charge is -2.16. The Kier molecular flexibility index (Phi) is 9.01. The molecule has 0 unspecified atom stereocenters. The molecule has 0 atom stereocenters. The molecule has 3 aromatic rings. The largest absolute Gasteiger partial charge is 0.386 e. The van der Waals surface area contributed by atoms with Gasteiger partial charge in [0.25, 0.3) is 0 Å². The second-order valence-corrected chi connectivity index (χ2v) is 8.78. The SMILES string of the molecule is C=C/C=C(/c1ccccc1F)c1nc(Cc2cc(C(=C/C)/C=C(\C=C)N(C)C)cc(F)c2NC)[nH]c1C. The first-order valence-corrected chi connectivity index (χ1v) is 12.1. The molecular formula is C31H34F2N4. The van der Waals surface area contributed by atoms with Gasteiger partial charge in [0.05, 0.1) is 11.4 Å². The van der Waals surface area contributed by atoms with Gasteiger partial charge < -0.3 is 15.2 Å². The van der Waals surface area contributed by atoms with Gasteiger partial charge in [0.15, 0.2) is 0 Å². The van der Waals surface area contributed by atoms with Crippen molar-refractivity contribution in [2.75, 3.05) is 26.5 Å². The molecule has 0 spiro atoms. The van der Waals surface area contributed by atoms with Crippen LogP contribution in [0.25, 0.3) is 11.1 Å². The van der Waals surface area contributed by atoms with E-state index in [1.54, 1.807) is 43.5 Å². The average molecular weight is 501 g/mol. The van der Waals surface area contributed by atoms with E-state index in [2.05, 4.69) is 23.5 Å². The van der Waals surface area contributed by atoms with Crippen molar-refractivity contribution in [3.05, 3.63) is 131 Å². The van der Waals surface area contributed by atoms with Crippen molar-refractivity contribution in [1.82, 2.24) is 14.9 Å². The fraction of sp³-hybridized carbons (Fsp3) is 0.194. The predicted molar refractivity (Wildman–Crippen MR) is 151 cm³/mol. The Morgan fingerprint density at radius 1 is 1.14 bits per heavy atom. The number of benzene rings is 2. The van der Waals surface area contributed by atoms with E-state index < -0.39 is 0 Å². The van der Waals surface area contributed by atoms with Gasteiger partial charge in [0.2, 0.25) is 0 Å². The lowest BCUT2D eigenvalue weighted by Crippen LogP contribution is -2.09. The van der Waals surface area contributed by atoms with Crippen molar-refractivity contribution >= 4 is 16.8 Å². The number of imidazole rings is 1. The maximum Gasteiger partial charge on any atom is 0.147 e. The first-order valence-electron chi connectivity index (χ1n) is 12.1. The number of nitrogens with one attached hydrogen (secondary N) is 2. The molecule has 1 aromatic heterocycles. The fourth-order valence-electron chi connectivity index (χ4n) is 4.26. The highest BCUT2D eigenvalue weighted by atomic mass is 19.1. The number of aromatic nitrogens is 2. The number of H-pyrrole nitrogens is 1. The van der Waals surface area contributed by atoms with Gasteiger partial charge in [-0.1, -0.05) is 49.6 Å². The molecular weight excluding hydrogens is 466 g/mol. The molecule has 0 saturated carbocycles. The Morgan fingerprint density at radius 3 is 2.46 bits per heavy atom. The number of nitrogens with zero attached hydrogens (tertiary/aromatic N) is 2. The van der Waals surface area contributed by atoms with E-state index in [0.29, 0.717) is 34.8 Å². The molecule has 0 fully saturated rings. The summed E-state index contributed by atoms with van der Waals surface area (Å²) < 4.78 is 29.8. The summed E-state index contributed by atoms with van der Waals surface area (Å²) in [6.07, 6.45) is 9.39.